The van der Waals surface area contributed by atoms with E-state index in [0.717, 1.165) is 18.4 Å². The fourth-order valence-electron chi connectivity index (χ4n) is 2.63. The van der Waals surface area contributed by atoms with E-state index in [1.165, 1.54) is 0 Å². The number of carbonyl (C=O) groups excluding carboxylic acids is 1. The number of aliphatic hydroxyl groups is 1. The van der Waals surface area contributed by atoms with Crippen LogP contribution in [-0.4, -0.2) is 23.7 Å². The lowest BCUT2D eigenvalue weighted by Gasteiger charge is -2.21. The van der Waals surface area contributed by atoms with E-state index in [-0.39, 0.29) is 12.3 Å². The van der Waals surface area contributed by atoms with Crippen molar-refractivity contribution in [3.63, 3.8) is 0 Å². The maximum absolute atomic E-state index is 11.9. The molecule has 0 aromatic heterocycles. The second-order valence-corrected chi connectivity index (χ2v) is 5.78. The molecule has 110 valence electrons. The Balaban J connectivity index is 1.90. The molecule has 20 heavy (non-hydrogen) atoms. The predicted molar refractivity (Wildman–Crippen MR) is 77.9 cm³/mol. The highest BCUT2D eigenvalue weighted by Gasteiger charge is 2.33. The summed E-state index contributed by atoms with van der Waals surface area (Å²) in [5, 5.41) is 13.6. The molecule has 2 rings (SSSR count). The molecule has 1 saturated carbocycles. The summed E-state index contributed by atoms with van der Waals surface area (Å²) in [6, 6.07) is 5.30. The quantitative estimate of drug-likeness (QED) is 0.878. The standard InChI is InChI=1S/C15H20ClNO3/c1-20-13-8-12(16)5-4-11(13)10-17-14(18)9-15(19)6-2-3-7-15/h4-5,8,19H,2-3,6-7,9-10H2,1H3,(H,17,18). The van der Waals surface area contributed by atoms with E-state index >= 15 is 0 Å². The zero-order chi connectivity index (χ0) is 14.6. The number of hydrogen-bond donors (Lipinski definition) is 2. The van der Waals surface area contributed by atoms with Gasteiger partial charge in [-0.05, 0) is 25.0 Å². The number of ether oxygens (including phenoxy) is 1. The maximum Gasteiger partial charge on any atom is 0.223 e. The van der Waals surface area contributed by atoms with Gasteiger partial charge in [0.15, 0.2) is 0 Å². The Morgan fingerprint density at radius 1 is 1.45 bits per heavy atom. The zero-order valence-electron chi connectivity index (χ0n) is 11.6. The first-order valence-electron chi connectivity index (χ1n) is 6.84. The topological polar surface area (TPSA) is 58.6 Å². The molecular formula is C15H20ClNO3. The molecule has 0 heterocycles. The number of carbonyl (C=O) groups is 1. The number of nitrogens with one attached hydrogen (secondary N) is 1. The molecule has 1 aromatic rings. The van der Waals surface area contributed by atoms with E-state index < -0.39 is 5.60 Å². The van der Waals surface area contributed by atoms with Crippen LogP contribution in [0.2, 0.25) is 5.02 Å². The van der Waals surface area contributed by atoms with Gasteiger partial charge in [0.25, 0.3) is 0 Å². The molecular weight excluding hydrogens is 278 g/mol. The normalized spacial score (nSPS) is 16.9. The number of benzene rings is 1. The minimum atomic E-state index is -0.811. The lowest BCUT2D eigenvalue weighted by molar-refractivity contribution is -0.126. The molecule has 0 aliphatic heterocycles. The molecule has 1 amide bonds. The molecule has 0 spiro atoms. The molecule has 0 atom stereocenters. The molecule has 0 bridgehead atoms. The van der Waals surface area contributed by atoms with Crippen LogP contribution in [0.3, 0.4) is 0 Å². The Hall–Kier alpha value is -1.26. The van der Waals surface area contributed by atoms with Crippen LogP contribution in [0.15, 0.2) is 18.2 Å². The number of hydrogen-bond acceptors (Lipinski definition) is 3. The Labute approximate surface area is 124 Å². The van der Waals surface area contributed by atoms with Crippen LogP contribution in [0.5, 0.6) is 5.75 Å². The SMILES string of the molecule is COc1cc(Cl)ccc1CNC(=O)CC1(O)CCCC1. The number of amides is 1. The molecule has 1 aliphatic carbocycles. The van der Waals surface area contributed by atoms with Crippen molar-refractivity contribution >= 4 is 17.5 Å². The van der Waals surface area contributed by atoms with Crippen LogP contribution < -0.4 is 10.1 Å². The van der Waals surface area contributed by atoms with Crippen LogP contribution in [0.1, 0.15) is 37.7 Å². The van der Waals surface area contributed by atoms with Gasteiger partial charge in [-0.15, -0.1) is 0 Å². The summed E-state index contributed by atoms with van der Waals surface area (Å²) >= 11 is 5.89. The maximum atomic E-state index is 11.9. The summed E-state index contributed by atoms with van der Waals surface area (Å²) in [4.78, 5) is 11.9. The highest BCUT2D eigenvalue weighted by atomic mass is 35.5. The van der Waals surface area contributed by atoms with Gasteiger partial charge in [-0.1, -0.05) is 30.5 Å². The molecule has 2 N–H and O–H groups in total. The third-order valence-electron chi connectivity index (χ3n) is 3.75. The van der Waals surface area contributed by atoms with Crippen LogP contribution in [0.25, 0.3) is 0 Å². The van der Waals surface area contributed by atoms with Crippen LogP contribution in [-0.2, 0) is 11.3 Å². The van der Waals surface area contributed by atoms with E-state index in [1.807, 2.05) is 6.07 Å². The van der Waals surface area contributed by atoms with Crippen molar-refractivity contribution in [2.75, 3.05) is 7.11 Å². The summed E-state index contributed by atoms with van der Waals surface area (Å²) in [5.74, 6) is 0.517. The van der Waals surface area contributed by atoms with Crippen molar-refractivity contribution in [2.24, 2.45) is 0 Å². The van der Waals surface area contributed by atoms with Crippen molar-refractivity contribution < 1.29 is 14.6 Å². The molecule has 1 aromatic carbocycles. The largest absolute Gasteiger partial charge is 0.496 e. The van der Waals surface area contributed by atoms with Crippen molar-refractivity contribution in [2.45, 2.75) is 44.2 Å². The van der Waals surface area contributed by atoms with Gasteiger partial charge < -0.3 is 15.2 Å². The van der Waals surface area contributed by atoms with Gasteiger partial charge in [-0.3, -0.25) is 4.79 Å². The van der Waals surface area contributed by atoms with Gasteiger partial charge in [0.1, 0.15) is 5.75 Å². The van der Waals surface area contributed by atoms with Gasteiger partial charge in [0.2, 0.25) is 5.91 Å². The van der Waals surface area contributed by atoms with E-state index in [9.17, 15) is 9.90 Å². The van der Waals surface area contributed by atoms with Gasteiger partial charge in [0.05, 0.1) is 19.1 Å². The third kappa shape index (κ3) is 3.87. The summed E-state index contributed by atoms with van der Waals surface area (Å²) in [5.41, 5.74) is 0.0532. The van der Waals surface area contributed by atoms with Gasteiger partial charge in [-0.2, -0.15) is 0 Å². The Morgan fingerprint density at radius 3 is 2.80 bits per heavy atom. The molecule has 0 saturated heterocycles. The van der Waals surface area contributed by atoms with E-state index in [1.54, 1.807) is 19.2 Å². The van der Waals surface area contributed by atoms with E-state index in [0.29, 0.717) is 30.2 Å². The Kier molecular flexibility index (Phi) is 4.89. The molecule has 4 nitrogen and oxygen atoms in total. The molecule has 0 radical (unpaired) electrons. The van der Waals surface area contributed by atoms with E-state index in [2.05, 4.69) is 5.32 Å². The van der Waals surface area contributed by atoms with Crippen molar-refractivity contribution in [1.29, 1.82) is 0 Å². The average molecular weight is 298 g/mol. The monoisotopic (exact) mass is 297 g/mol. The lowest BCUT2D eigenvalue weighted by Crippen LogP contribution is -2.34. The zero-order valence-corrected chi connectivity index (χ0v) is 12.4. The van der Waals surface area contributed by atoms with Crippen molar-refractivity contribution in [3.8, 4) is 5.75 Å². The fourth-order valence-corrected chi connectivity index (χ4v) is 2.79. The number of rotatable bonds is 5. The second-order valence-electron chi connectivity index (χ2n) is 5.34. The molecule has 1 fully saturated rings. The number of halogens is 1. The van der Waals surface area contributed by atoms with Gasteiger partial charge in [-0.25, -0.2) is 0 Å². The summed E-state index contributed by atoms with van der Waals surface area (Å²) in [7, 11) is 1.57. The van der Waals surface area contributed by atoms with Crippen LogP contribution in [0, 0.1) is 0 Å². The molecule has 0 unspecified atom stereocenters. The first-order valence-corrected chi connectivity index (χ1v) is 7.22. The third-order valence-corrected chi connectivity index (χ3v) is 3.98. The van der Waals surface area contributed by atoms with Gasteiger partial charge >= 0.3 is 0 Å². The highest BCUT2D eigenvalue weighted by molar-refractivity contribution is 6.30. The average Bonchev–Trinajstić information content (AvgIpc) is 2.83. The second kappa shape index (κ2) is 6.46. The van der Waals surface area contributed by atoms with Crippen molar-refractivity contribution in [3.05, 3.63) is 28.8 Å². The van der Waals surface area contributed by atoms with Crippen LogP contribution in [0.4, 0.5) is 0 Å². The first-order chi connectivity index (χ1) is 9.52. The Bertz CT molecular complexity index is 484. The van der Waals surface area contributed by atoms with E-state index in [4.69, 9.17) is 16.3 Å². The number of methoxy groups -OCH3 is 1. The van der Waals surface area contributed by atoms with Gasteiger partial charge in [0, 0.05) is 17.1 Å². The fraction of sp³-hybridized carbons (Fsp3) is 0.533. The summed E-state index contributed by atoms with van der Waals surface area (Å²) in [6.45, 7) is 0.370. The first kappa shape index (κ1) is 15.1. The minimum Gasteiger partial charge on any atom is -0.496 e. The minimum absolute atomic E-state index is 0.133. The van der Waals surface area contributed by atoms with Crippen LogP contribution >= 0.6 is 11.6 Å². The lowest BCUT2D eigenvalue weighted by atomic mass is 9.97. The smallest absolute Gasteiger partial charge is 0.223 e. The molecule has 5 heteroatoms. The van der Waals surface area contributed by atoms with Crippen molar-refractivity contribution in [1.82, 2.24) is 5.32 Å². The Morgan fingerprint density at radius 2 is 2.15 bits per heavy atom. The summed E-state index contributed by atoms with van der Waals surface area (Å²) < 4.78 is 5.23. The summed E-state index contributed by atoms with van der Waals surface area (Å²) in [6.07, 6.45) is 3.59. The molecule has 1 aliphatic rings. The highest BCUT2D eigenvalue weighted by Crippen LogP contribution is 2.32. The predicted octanol–water partition coefficient (Wildman–Crippen LogP) is 2.66.